The van der Waals surface area contributed by atoms with E-state index >= 15 is 0 Å². The molecule has 0 spiro atoms. The normalized spacial score (nSPS) is 12.5. The molecule has 1 aliphatic rings. The third-order valence-electron chi connectivity index (χ3n) is 6.17. The van der Waals surface area contributed by atoms with E-state index in [9.17, 15) is 9.59 Å². The summed E-state index contributed by atoms with van der Waals surface area (Å²) in [5.74, 6) is 0.897. The fraction of sp³-hybridized carbons (Fsp3) is 0.138. The van der Waals surface area contributed by atoms with Gasteiger partial charge in [0.1, 0.15) is 6.61 Å². The number of carbonyl (C=O) groups excluding carboxylic acids is 2. The van der Waals surface area contributed by atoms with Crippen LogP contribution in [-0.4, -0.2) is 23.8 Å². The van der Waals surface area contributed by atoms with Gasteiger partial charge in [0.25, 0.3) is 5.91 Å². The Kier molecular flexibility index (Phi) is 6.02. The second-order valence-corrected chi connectivity index (χ2v) is 8.38. The van der Waals surface area contributed by atoms with E-state index in [0.29, 0.717) is 34.8 Å². The molecule has 3 aromatic carbocycles. The number of nitrogens with one attached hydrogen (secondary N) is 1. The molecule has 1 unspecified atom stereocenters. The molecule has 1 atom stereocenters. The molecular weight excluding hydrogens is 440 g/mol. The van der Waals surface area contributed by atoms with Gasteiger partial charge in [-0.25, -0.2) is 0 Å². The molecule has 1 aromatic heterocycles. The summed E-state index contributed by atoms with van der Waals surface area (Å²) >= 11 is 0. The molecule has 4 aromatic rings. The maximum atomic E-state index is 13.0. The zero-order valence-corrected chi connectivity index (χ0v) is 19.4. The number of hydrogen-bond donors (Lipinski definition) is 1. The third kappa shape index (κ3) is 4.38. The molecule has 0 fully saturated rings. The molecule has 1 aliphatic carbocycles. The van der Waals surface area contributed by atoms with Crippen LogP contribution in [0.5, 0.6) is 11.5 Å². The molecule has 0 aliphatic heterocycles. The van der Waals surface area contributed by atoms with E-state index in [4.69, 9.17) is 9.47 Å². The van der Waals surface area contributed by atoms with Gasteiger partial charge >= 0.3 is 0 Å². The van der Waals surface area contributed by atoms with Crippen LogP contribution in [0, 0.1) is 0 Å². The van der Waals surface area contributed by atoms with Crippen LogP contribution < -0.4 is 14.8 Å². The highest BCUT2D eigenvalue weighted by molar-refractivity contribution is 6.22. The summed E-state index contributed by atoms with van der Waals surface area (Å²) in [5, 5.41) is 3.01. The first-order valence-corrected chi connectivity index (χ1v) is 11.3. The molecule has 174 valence electrons. The number of amides is 1. The minimum Gasteiger partial charge on any atom is -0.493 e. The Bertz CT molecular complexity index is 1420. The predicted octanol–water partition coefficient (Wildman–Crippen LogP) is 5.37. The number of aromatic nitrogens is 1. The molecule has 35 heavy (non-hydrogen) atoms. The second-order valence-electron chi connectivity index (χ2n) is 8.38. The Morgan fingerprint density at radius 1 is 0.886 bits per heavy atom. The van der Waals surface area contributed by atoms with Crippen molar-refractivity contribution >= 4 is 11.7 Å². The van der Waals surface area contributed by atoms with Gasteiger partial charge in [-0.2, -0.15) is 0 Å². The molecule has 5 rings (SSSR count). The van der Waals surface area contributed by atoms with Crippen LogP contribution in [0.15, 0.2) is 85.2 Å². The average Bonchev–Trinajstić information content (AvgIpc) is 3.19. The number of fused-ring (bicyclic) bond motifs is 3. The summed E-state index contributed by atoms with van der Waals surface area (Å²) in [7, 11) is 1.58. The molecule has 0 saturated heterocycles. The number of pyridine rings is 1. The molecule has 0 saturated carbocycles. The maximum Gasteiger partial charge on any atom is 0.251 e. The van der Waals surface area contributed by atoms with Crippen LogP contribution in [0.2, 0.25) is 0 Å². The topological polar surface area (TPSA) is 77.5 Å². The van der Waals surface area contributed by atoms with Gasteiger partial charge in [0.2, 0.25) is 0 Å². The van der Waals surface area contributed by atoms with Gasteiger partial charge in [-0.1, -0.05) is 36.4 Å². The van der Waals surface area contributed by atoms with E-state index in [2.05, 4.69) is 10.3 Å². The van der Waals surface area contributed by atoms with E-state index in [0.717, 1.165) is 22.3 Å². The molecule has 1 N–H and O–H groups in total. The molecular formula is C29H24N2O4. The Morgan fingerprint density at radius 2 is 1.63 bits per heavy atom. The minimum absolute atomic E-state index is 0.0506. The molecule has 1 heterocycles. The Labute approximate surface area is 203 Å². The van der Waals surface area contributed by atoms with Crippen molar-refractivity contribution in [2.24, 2.45) is 0 Å². The summed E-state index contributed by atoms with van der Waals surface area (Å²) in [4.78, 5) is 29.8. The summed E-state index contributed by atoms with van der Waals surface area (Å²) in [6.45, 7) is 2.30. The molecule has 0 radical (unpaired) electrons. The fourth-order valence-electron chi connectivity index (χ4n) is 4.25. The SMILES string of the molecule is COc1cc(C(C)NC(=O)c2ccc3c(c2)C(=O)c2ccccc2-3)ccc1OCc1ccncc1. The highest BCUT2D eigenvalue weighted by atomic mass is 16.5. The lowest BCUT2D eigenvalue weighted by molar-refractivity contribution is 0.0940. The summed E-state index contributed by atoms with van der Waals surface area (Å²) in [5.41, 5.74) is 5.32. The third-order valence-corrected chi connectivity index (χ3v) is 6.17. The van der Waals surface area contributed by atoms with Crippen molar-refractivity contribution < 1.29 is 19.1 Å². The van der Waals surface area contributed by atoms with Crippen molar-refractivity contribution in [3.8, 4) is 22.6 Å². The van der Waals surface area contributed by atoms with Gasteiger partial charge in [0, 0.05) is 29.1 Å². The average molecular weight is 465 g/mol. The number of hydrogen-bond acceptors (Lipinski definition) is 5. The van der Waals surface area contributed by atoms with Crippen LogP contribution in [0.4, 0.5) is 0 Å². The maximum absolute atomic E-state index is 13.0. The number of nitrogens with zero attached hydrogens (tertiary/aromatic N) is 1. The number of methoxy groups -OCH3 is 1. The lowest BCUT2D eigenvalue weighted by Crippen LogP contribution is -2.26. The van der Waals surface area contributed by atoms with Crippen LogP contribution in [0.25, 0.3) is 11.1 Å². The molecule has 6 heteroatoms. The van der Waals surface area contributed by atoms with E-state index < -0.39 is 0 Å². The van der Waals surface area contributed by atoms with Crippen molar-refractivity contribution in [1.29, 1.82) is 0 Å². The van der Waals surface area contributed by atoms with Gasteiger partial charge in [-0.05, 0) is 65.6 Å². The highest BCUT2D eigenvalue weighted by Crippen LogP contribution is 2.37. The van der Waals surface area contributed by atoms with Gasteiger partial charge in [-0.15, -0.1) is 0 Å². The number of benzene rings is 3. The smallest absolute Gasteiger partial charge is 0.251 e. The Balaban J connectivity index is 1.29. The first kappa shape index (κ1) is 22.3. The first-order chi connectivity index (χ1) is 17.0. The van der Waals surface area contributed by atoms with Crippen molar-refractivity contribution in [3.63, 3.8) is 0 Å². The minimum atomic E-state index is -0.285. The predicted molar refractivity (Wildman–Crippen MR) is 133 cm³/mol. The van der Waals surface area contributed by atoms with Crippen molar-refractivity contribution in [3.05, 3.63) is 113 Å². The van der Waals surface area contributed by atoms with E-state index in [1.807, 2.05) is 67.6 Å². The van der Waals surface area contributed by atoms with Crippen LogP contribution in [0.3, 0.4) is 0 Å². The monoisotopic (exact) mass is 464 g/mol. The number of ketones is 1. The van der Waals surface area contributed by atoms with Gasteiger partial charge in [0.15, 0.2) is 17.3 Å². The first-order valence-electron chi connectivity index (χ1n) is 11.3. The number of ether oxygens (including phenoxy) is 2. The standard InChI is InChI=1S/C29H24N2O4/c1-18(20-8-10-26(27(16-20)34-2)35-17-19-11-13-30-14-12-19)31-29(33)21-7-9-23-22-5-3-4-6-24(22)28(32)25(23)15-21/h3-16,18H,17H2,1-2H3,(H,31,33). The highest BCUT2D eigenvalue weighted by Gasteiger charge is 2.27. The van der Waals surface area contributed by atoms with Crippen LogP contribution >= 0.6 is 0 Å². The van der Waals surface area contributed by atoms with E-state index in [1.54, 1.807) is 31.6 Å². The van der Waals surface area contributed by atoms with Gasteiger partial charge in [0.05, 0.1) is 13.2 Å². The zero-order chi connectivity index (χ0) is 24.4. The lowest BCUT2D eigenvalue weighted by atomic mass is 10.0. The largest absolute Gasteiger partial charge is 0.493 e. The Morgan fingerprint density at radius 3 is 2.40 bits per heavy atom. The van der Waals surface area contributed by atoms with Crippen molar-refractivity contribution in [2.45, 2.75) is 19.6 Å². The summed E-state index contributed by atoms with van der Waals surface area (Å²) in [6.07, 6.45) is 3.44. The van der Waals surface area contributed by atoms with Gasteiger partial charge < -0.3 is 14.8 Å². The lowest BCUT2D eigenvalue weighted by Gasteiger charge is -2.17. The molecule has 6 nitrogen and oxygen atoms in total. The van der Waals surface area contributed by atoms with Crippen molar-refractivity contribution in [1.82, 2.24) is 10.3 Å². The molecule has 0 bridgehead atoms. The quantitative estimate of drug-likeness (QED) is 0.350. The van der Waals surface area contributed by atoms with E-state index in [1.165, 1.54) is 0 Å². The number of rotatable bonds is 7. The summed E-state index contributed by atoms with van der Waals surface area (Å²) in [6, 6.07) is 21.9. The van der Waals surface area contributed by atoms with Crippen LogP contribution in [-0.2, 0) is 6.61 Å². The van der Waals surface area contributed by atoms with Gasteiger partial charge in [-0.3, -0.25) is 14.6 Å². The fourth-order valence-corrected chi connectivity index (χ4v) is 4.25. The number of carbonyl (C=O) groups is 2. The Hall–Kier alpha value is -4.45. The summed E-state index contributed by atoms with van der Waals surface area (Å²) < 4.78 is 11.4. The zero-order valence-electron chi connectivity index (χ0n) is 19.4. The van der Waals surface area contributed by atoms with Crippen LogP contribution in [0.1, 0.15) is 50.4 Å². The molecule has 1 amide bonds. The van der Waals surface area contributed by atoms with E-state index in [-0.39, 0.29) is 17.7 Å². The van der Waals surface area contributed by atoms with Crippen molar-refractivity contribution in [2.75, 3.05) is 7.11 Å². The second kappa shape index (κ2) is 9.43.